The minimum Gasteiger partial charge on any atom is -0.381 e. The van der Waals surface area contributed by atoms with Crippen LogP contribution in [0.15, 0.2) is 15.8 Å². The number of nitrogens with zero attached hydrogens (tertiary/aromatic N) is 2. The van der Waals surface area contributed by atoms with E-state index in [1.807, 2.05) is 12.3 Å². The van der Waals surface area contributed by atoms with Gasteiger partial charge in [-0.05, 0) is 28.3 Å². The molecular weight excluding hydrogens is 304 g/mol. The van der Waals surface area contributed by atoms with Crippen LogP contribution in [0.1, 0.15) is 18.5 Å². The summed E-state index contributed by atoms with van der Waals surface area (Å²) in [6, 6.07) is 1.94. The van der Waals surface area contributed by atoms with Crippen molar-refractivity contribution in [3.8, 4) is 0 Å². The zero-order valence-electron chi connectivity index (χ0n) is 9.90. The van der Waals surface area contributed by atoms with Gasteiger partial charge in [-0.2, -0.15) is 0 Å². The van der Waals surface area contributed by atoms with Crippen LogP contribution in [-0.2, 0) is 15.1 Å². The lowest BCUT2D eigenvalue weighted by Crippen LogP contribution is -2.36. The molecule has 1 aromatic heterocycles. The third kappa shape index (κ3) is 2.81. The first-order valence-electron chi connectivity index (χ1n) is 5.42. The molecule has 1 aliphatic rings. The van der Waals surface area contributed by atoms with E-state index in [1.165, 1.54) is 11.8 Å². The summed E-state index contributed by atoms with van der Waals surface area (Å²) >= 11 is 4.95. The molecule has 0 aliphatic carbocycles. The van der Waals surface area contributed by atoms with Crippen LogP contribution in [0.2, 0.25) is 0 Å². The van der Waals surface area contributed by atoms with E-state index < -0.39 is 0 Å². The number of aromatic nitrogens is 2. The van der Waals surface area contributed by atoms with Gasteiger partial charge in [-0.1, -0.05) is 11.8 Å². The predicted molar refractivity (Wildman–Crippen MR) is 70.3 cm³/mol. The van der Waals surface area contributed by atoms with Crippen molar-refractivity contribution in [2.24, 2.45) is 0 Å². The molecule has 94 valence electrons. The number of hydrogen-bond acceptors (Lipinski definition) is 5. The minimum atomic E-state index is -0.325. The third-order valence-corrected chi connectivity index (χ3v) is 3.97. The SMILES string of the molecule is COC1(c2cc(Br)nc(SC)n2)CCOCC1. The summed E-state index contributed by atoms with van der Waals surface area (Å²) in [6.07, 6.45) is 3.64. The minimum absolute atomic E-state index is 0.325. The summed E-state index contributed by atoms with van der Waals surface area (Å²) in [6.45, 7) is 1.42. The lowest BCUT2D eigenvalue weighted by Gasteiger charge is -2.35. The molecule has 0 bridgehead atoms. The van der Waals surface area contributed by atoms with E-state index in [2.05, 4.69) is 25.9 Å². The maximum Gasteiger partial charge on any atom is 0.188 e. The van der Waals surface area contributed by atoms with Crippen LogP contribution in [0, 0.1) is 0 Å². The van der Waals surface area contributed by atoms with Crippen LogP contribution in [0.4, 0.5) is 0 Å². The van der Waals surface area contributed by atoms with Gasteiger partial charge < -0.3 is 9.47 Å². The summed E-state index contributed by atoms with van der Waals surface area (Å²) < 4.78 is 11.9. The Kier molecular flexibility index (Phi) is 4.41. The topological polar surface area (TPSA) is 44.2 Å². The summed E-state index contributed by atoms with van der Waals surface area (Å²) in [5.74, 6) is 0. The molecule has 1 fully saturated rings. The Balaban J connectivity index is 2.38. The van der Waals surface area contributed by atoms with E-state index in [0.29, 0.717) is 13.2 Å². The molecule has 2 heterocycles. The maximum atomic E-state index is 5.72. The first-order chi connectivity index (χ1) is 8.20. The molecule has 0 spiro atoms. The molecule has 0 aromatic carbocycles. The smallest absolute Gasteiger partial charge is 0.188 e. The average Bonchev–Trinajstić information content (AvgIpc) is 2.38. The lowest BCUT2D eigenvalue weighted by atomic mass is 9.90. The molecule has 0 unspecified atom stereocenters. The second-order valence-electron chi connectivity index (χ2n) is 3.87. The highest BCUT2D eigenvalue weighted by atomic mass is 79.9. The number of hydrogen-bond donors (Lipinski definition) is 0. The molecule has 0 saturated carbocycles. The Morgan fingerprint density at radius 3 is 2.71 bits per heavy atom. The zero-order chi connectivity index (χ0) is 12.3. The molecule has 0 atom stereocenters. The van der Waals surface area contributed by atoms with Crippen molar-refractivity contribution in [1.82, 2.24) is 9.97 Å². The van der Waals surface area contributed by atoms with Crippen molar-refractivity contribution < 1.29 is 9.47 Å². The Morgan fingerprint density at radius 2 is 2.12 bits per heavy atom. The second-order valence-corrected chi connectivity index (χ2v) is 5.46. The number of methoxy groups -OCH3 is 1. The van der Waals surface area contributed by atoms with Crippen LogP contribution in [0.25, 0.3) is 0 Å². The van der Waals surface area contributed by atoms with Gasteiger partial charge in [0.1, 0.15) is 10.2 Å². The number of ether oxygens (including phenoxy) is 2. The van der Waals surface area contributed by atoms with Crippen molar-refractivity contribution >= 4 is 27.7 Å². The van der Waals surface area contributed by atoms with Crippen LogP contribution in [0.3, 0.4) is 0 Å². The van der Waals surface area contributed by atoms with E-state index in [4.69, 9.17) is 9.47 Å². The van der Waals surface area contributed by atoms with E-state index in [-0.39, 0.29) is 5.60 Å². The highest BCUT2D eigenvalue weighted by Crippen LogP contribution is 2.35. The summed E-state index contributed by atoms with van der Waals surface area (Å²) in [5.41, 5.74) is 0.614. The highest BCUT2D eigenvalue weighted by molar-refractivity contribution is 9.10. The normalized spacial score (nSPS) is 19.2. The van der Waals surface area contributed by atoms with E-state index in [0.717, 1.165) is 28.3 Å². The zero-order valence-corrected chi connectivity index (χ0v) is 12.3. The Morgan fingerprint density at radius 1 is 1.41 bits per heavy atom. The maximum absolute atomic E-state index is 5.72. The van der Waals surface area contributed by atoms with Gasteiger partial charge in [-0.15, -0.1) is 0 Å². The van der Waals surface area contributed by atoms with Crippen molar-refractivity contribution in [1.29, 1.82) is 0 Å². The van der Waals surface area contributed by atoms with Gasteiger partial charge >= 0.3 is 0 Å². The average molecular weight is 319 g/mol. The number of halogens is 1. The van der Waals surface area contributed by atoms with Gasteiger partial charge in [-0.3, -0.25) is 0 Å². The molecule has 1 aromatic rings. The third-order valence-electron chi connectivity index (χ3n) is 3.01. The van der Waals surface area contributed by atoms with E-state index in [1.54, 1.807) is 7.11 Å². The van der Waals surface area contributed by atoms with Gasteiger partial charge in [0.05, 0.1) is 5.69 Å². The standard InChI is InChI=1S/C11H15BrN2O2S/c1-15-11(3-5-16-6-4-11)8-7-9(12)14-10(13-8)17-2/h7H,3-6H2,1-2H3. The predicted octanol–water partition coefficient (Wildman–Crippen LogP) is 2.61. The molecule has 1 aliphatic heterocycles. The highest BCUT2D eigenvalue weighted by Gasteiger charge is 2.36. The Hall–Kier alpha value is -0.170. The molecule has 17 heavy (non-hydrogen) atoms. The summed E-state index contributed by atoms with van der Waals surface area (Å²) in [5, 5.41) is 0.761. The first-order valence-corrected chi connectivity index (χ1v) is 7.44. The van der Waals surface area contributed by atoms with Gasteiger partial charge in [0, 0.05) is 33.2 Å². The molecule has 0 amide bonds. The van der Waals surface area contributed by atoms with E-state index in [9.17, 15) is 0 Å². The number of rotatable bonds is 3. The fraction of sp³-hybridized carbons (Fsp3) is 0.636. The quantitative estimate of drug-likeness (QED) is 0.487. The van der Waals surface area contributed by atoms with Crippen LogP contribution < -0.4 is 0 Å². The molecule has 1 saturated heterocycles. The fourth-order valence-corrected chi connectivity index (χ4v) is 2.87. The van der Waals surface area contributed by atoms with Gasteiger partial charge in [0.2, 0.25) is 0 Å². The van der Waals surface area contributed by atoms with Crippen LogP contribution in [-0.4, -0.2) is 36.5 Å². The Bertz CT molecular complexity index is 397. The fourth-order valence-electron chi connectivity index (χ4n) is 1.99. The monoisotopic (exact) mass is 318 g/mol. The molecule has 6 heteroatoms. The largest absolute Gasteiger partial charge is 0.381 e. The lowest BCUT2D eigenvalue weighted by molar-refractivity contribution is -0.0977. The van der Waals surface area contributed by atoms with Crippen LogP contribution in [0.5, 0.6) is 0 Å². The molecule has 2 rings (SSSR count). The molecule has 4 nitrogen and oxygen atoms in total. The second kappa shape index (κ2) is 5.65. The van der Waals surface area contributed by atoms with Gasteiger partial charge in [-0.25, -0.2) is 9.97 Å². The number of thioether (sulfide) groups is 1. The van der Waals surface area contributed by atoms with Crippen molar-refractivity contribution in [3.05, 3.63) is 16.4 Å². The molecule has 0 N–H and O–H groups in total. The molecular formula is C11H15BrN2O2S. The Labute approximate surface area is 114 Å². The first kappa shape index (κ1) is 13.3. The molecule has 0 radical (unpaired) electrons. The van der Waals surface area contributed by atoms with Crippen molar-refractivity contribution in [3.63, 3.8) is 0 Å². The van der Waals surface area contributed by atoms with Crippen molar-refractivity contribution in [2.75, 3.05) is 26.6 Å². The summed E-state index contributed by atoms with van der Waals surface area (Å²) in [7, 11) is 1.74. The van der Waals surface area contributed by atoms with Gasteiger partial charge in [0.15, 0.2) is 5.16 Å². The summed E-state index contributed by atoms with van der Waals surface area (Å²) in [4.78, 5) is 8.85. The van der Waals surface area contributed by atoms with Gasteiger partial charge in [0.25, 0.3) is 0 Å². The van der Waals surface area contributed by atoms with Crippen molar-refractivity contribution in [2.45, 2.75) is 23.6 Å². The van der Waals surface area contributed by atoms with E-state index >= 15 is 0 Å². The van der Waals surface area contributed by atoms with Crippen LogP contribution >= 0.6 is 27.7 Å².